The third-order valence-electron chi connectivity index (χ3n) is 3.86. The standard InChI is InChI=1S/C20H17F3N4O/c1-12-7-13(2)9-14(8-12)26-19(28)17-10-25-18(11-24-17)27-16-6-4-3-5-15(16)20(21,22)23/h3-11H,1-2H3,(H,25,27)(H,26,28). The van der Waals surface area contributed by atoms with E-state index in [9.17, 15) is 18.0 Å². The van der Waals surface area contributed by atoms with Crippen LogP contribution in [-0.4, -0.2) is 15.9 Å². The first kappa shape index (κ1) is 19.3. The number of rotatable bonds is 4. The number of hydrogen-bond acceptors (Lipinski definition) is 4. The average molecular weight is 386 g/mol. The first-order valence-electron chi connectivity index (χ1n) is 8.37. The van der Waals surface area contributed by atoms with Crippen LogP contribution in [0.1, 0.15) is 27.2 Å². The van der Waals surface area contributed by atoms with Crippen LogP contribution in [0.3, 0.4) is 0 Å². The molecule has 0 spiro atoms. The van der Waals surface area contributed by atoms with Gasteiger partial charge in [0.05, 0.1) is 23.6 Å². The monoisotopic (exact) mass is 386 g/mol. The topological polar surface area (TPSA) is 66.9 Å². The summed E-state index contributed by atoms with van der Waals surface area (Å²) >= 11 is 0. The van der Waals surface area contributed by atoms with Gasteiger partial charge in [-0.3, -0.25) is 4.79 Å². The maximum atomic E-state index is 13.1. The number of alkyl halides is 3. The predicted molar refractivity (Wildman–Crippen MR) is 101 cm³/mol. The van der Waals surface area contributed by atoms with Crippen molar-refractivity contribution in [2.45, 2.75) is 20.0 Å². The molecule has 1 aromatic heterocycles. The van der Waals surface area contributed by atoms with E-state index < -0.39 is 17.6 Å². The normalized spacial score (nSPS) is 11.2. The van der Waals surface area contributed by atoms with Crippen LogP contribution in [0.4, 0.5) is 30.4 Å². The summed E-state index contributed by atoms with van der Waals surface area (Å²) in [6.07, 6.45) is -2.08. The van der Waals surface area contributed by atoms with Gasteiger partial charge in [0.15, 0.2) is 0 Å². The summed E-state index contributed by atoms with van der Waals surface area (Å²) in [5.74, 6) is -0.362. The van der Waals surface area contributed by atoms with Crippen molar-refractivity contribution in [3.05, 3.63) is 77.2 Å². The minimum absolute atomic E-state index is 0.0498. The summed E-state index contributed by atoms with van der Waals surface area (Å²) in [4.78, 5) is 20.3. The molecule has 1 amide bonds. The van der Waals surface area contributed by atoms with Crippen molar-refractivity contribution in [3.8, 4) is 0 Å². The maximum absolute atomic E-state index is 13.1. The molecular weight excluding hydrogens is 369 g/mol. The Morgan fingerprint density at radius 3 is 2.25 bits per heavy atom. The van der Waals surface area contributed by atoms with E-state index >= 15 is 0 Å². The van der Waals surface area contributed by atoms with Gasteiger partial charge in [0.25, 0.3) is 5.91 Å². The van der Waals surface area contributed by atoms with Crippen molar-refractivity contribution in [2.75, 3.05) is 10.6 Å². The molecule has 3 aromatic rings. The van der Waals surface area contributed by atoms with Crippen LogP contribution in [0, 0.1) is 13.8 Å². The molecule has 0 unspecified atom stereocenters. The molecule has 144 valence electrons. The van der Waals surface area contributed by atoms with Crippen LogP contribution in [0.15, 0.2) is 54.9 Å². The zero-order chi connectivity index (χ0) is 20.3. The lowest BCUT2D eigenvalue weighted by molar-refractivity contribution is -0.136. The van der Waals surface area contributed by atoms with Gasteiger partial charge in [0, 0.05) is 5.69 Å². The lowest BCUT2D eigenvalue weighted by Gasteiger charge is -2.13. The minimum Gasteiger partial charge on any atom is -0.338 e. The number of aromatic nitrogens is 2. The molecule has 0 radical (unpaired) electrons. The molecule has 0 saturated heterocycles. The van der Waals surface area contributed by atoms with Gasteiger partial charge in [0.1, 0.15) is 11.5 Å². The van der Waals surface area contributed by atoms with Crippen molar-refractivity contribution in [2.24, 2.45) is 0 Å². The van der Waals surface area contributed by atoms with Gasteiger partial charge in [-0.25, -0.2) is 9.97 Å². The van der Waals surface area contributed by atoms with E-state index in [4.69, 9.17) is 0 Å². The fourth-order valence-corrected chi connectivity index (χ4v) is 2.73. The highest BCUT2D eigenvalue weighted by molar-refractivity contribution is 6.02. The number of nitrogens with one attached hydrogen (secondary N) is 2. The van der Waals surface area contributed by atoms with Gasteiger partial charge in [-0.05, 0) is 49.2 Å². The average Bonchev–Trinajstić information content (AvgIpc) is 2.61. The Kier molecular flexibility index (Phi) is 5.30. The van der Waals surface area contributed by atoms with Crippen LogP contribution in [0.5, 0.6) is 0 Å². The van der Waals surface area contributed by atoms with E-state index in [0.717, 1.165) is 17.2 Å². The van der Waals surface area contributed by atoms with E-state index in [1.807, 2.05) is 32.0 Å². The van der Waals surface area contributed by atoms with E-state index in [-0.39, 0.29) is 17.2 Å². The predicted octanol–water partition coefficient (Wildman–Crippen LogP) is 5.11. The van der Waals surface area contributed by atoms with Gasteiger partial charge in [-0.15, -0.1) is 0 Å². The van der Waals surface area contributed by atoms with Crippen molar-refractivity contribution in [3.63, 3.8) is 0 Å². The van der Waals surface area contributed by atoms with Crippen LogP contribution in [0.2, 0.25) is 0 Å². The van der Waals surface area contributed by atoms with Gasteiger partial charge in [-0.2, -0.15) is 13.2 Å². The third kappa shape index (κ3) is 4.64. The first-order valence-corrected chi connectivity index (χ1v) is 8.37. The molecule has 28 heavy (non-hydrogen) atoms. The summed E-state index contributed by atoms with van der Waals surface area (Å²) in [6.45, 7) is 3.84. The number of para-hydroxylation sites is 1. The zero-order valence-electron chi connectivity index (χ0n) is 15.1. The Morgan fingerprint density at radius 2 is 1.64 bits per heavy atom. The van der Waals surface area contributed by atoms with Crippen LogP contribution in [-0.2, 0) is 6.18 Å². The number of carbonyl (C=O) groups is 1. The zero-order valence-corrected chi connectivity index (χ0v) is 15.1. The largest absolute Gasteiger partial charge is 0.418 e. The molecular formula is C20H17F3N4O. The molecule has 0 aliphatic heterocycles. The molecule has 2 N–H and O–H groups in total. The van der Waals surface area contributed by atoms with E-state index in [1.54, 1.807) is 0 Å². The summed E-state index contributed by atoms with van der Waals surface area (Å²) in [5, 5.41) is 5.31. The fraction of sp³-hybridized carbons (Fsp3) is 0.150. The highest BCUT2D eigenvalue weighted by atomic mass is 19.4. The molecule has 0 saturated carbocycles. The Bertz CT molecular complexity index is 981. The molecule has 2 aromatic carbocycles. The highest BCUT2D eigenvalue weighted by Crippen LogP contribution is 2.35. The number of aryl methyl sites for hydroxylation is 2. The molecule has 3 rings (SSSR count). The van der Waals surface area contributed by atoms with E-state index in [0.29, 0.717) is 5.69 Å². The van der Waals surface area contributed by atoms with Crippen molar-refractivity contribution >= 4 is 23.1 Å². The number of halogens is 3. The number of carbonyl (C=O) groups excluding carboxylic acids is 1. The van der Waals surface area contributed by atoms with E-state index in [1.165, 1.54) is 30.6 Å². The molecule has 5 nitrogen and oxygen atoms in total. The number of anilines is 3. The fourth-order valence-electron chi connectivity index (χ4n) is 2.73. The van der Waals surface area contributed by atoms with Crippen molar-refractivity contribution in [1.29, 1.82) is 0 Å². The van der Waals surface area contributed by atoms with E-state index in [2.05, 4.69) is 20.6 Å². The number of nitrogens with zero attached hydrogens (tertiary/aromatic N) is 2. The highest BCUT2D eigenvalue weighted by Gasteiger charge is 2.33. The van der Waals surface area contributed by atoms with Gasteiger partial charge >= 0.3 is 6.18 Å². The Labute approximate surface area is 159 Å². The van der Waals surface area contributed by atoms with Crippen molar-refractivity contribution < 1.29 is 18.0 Å². The lowest BCUT2D eigenvalue weighted by Crippen LogP contribution is -2.14. The molecule has 1 heterocycles. The lowest BCUT2D eigenvalue weighted by atomic mass is 10.1. The molecule has 0 aliphatic carbocycles. The van der Waals surface area contributed by atoms with Crippen molar-refractivity contribution in [1.82, 2.24) is 9.97 Å². The number of hydrogen-bond donors (Lipinski definition) is 2. The summed E-state index contributed by atoms with van der Waals surface area (Å²) < 4.78 is 39.2. The van der Waals surface area contributed by atoms with Crippen LogP contribution >= 0.6 is 0 Å². The van der Waals surface area contributed by atoms with Gasteiger partial charge in [0.2, 0.25) is 0 Å². The minimum atomic E-state index is -4.50. The Morgan fingerprint density at radius 1 is 0.964 bits per heavy atom. The SMILES string of the molecule is Cc1cc(C)cc(NC(=O)c2cnc(Nc3ccccc3C(F)(F)F)cn2)c1. The van der Waals surface area contributed by atoms with Gasteiger partial charge in [-0.1, -0.05) is 18.2 Å². The first-order chi connectivity index (χ1) is 13.2. The molecule has 0 atom stereocenters. The quantitative estimate of drug-likeness (QED) is 0.654. The second-order valence-corrected chi connectivity index (χ2v) is 6.29. The van der Waals surface area contributed by atoms with Crippen LogP contribution < -0.4 is 10.6 Å². The molecule has 0 bridgehead atoms. The molecule has 8 heteroatoms. The Hall–Kier alpha value is -3.42. The summed E-state index contributed by atoms with van der Waals surface area (Å²) in [5.41, 5.74) is 1.73. The smallest absolute Gasteiger partial charge is 0.338 e. The molecule has 0 fully saturated rings. The second-order valence-electron chi connectivity index (χ2n) is 6.29. The number of amides is 1. The molecule has 0 aliphatic rings. The summed E-state index contributed by atoms with van der Waals surface area (Å²) in [7, 11) is 0. The maximum Gasteiger partial charge on any atom is 0.418 e. The Balaban J connectivity index is 1.74. The summed E-state index contributed by atoms with van der Waals surface area (Å²) in [6, 6.07) is 10.7. The van der Waals surface area contributed by atoms with Gasteiger partial charge < -0.3 is 10.6 Å². The number of benzene rings is 2. The third-order valence-corrected chi connectivity index (χ3v) is 3.86. The second kappa shape index (κ2) is 7.67. The van der Waals surface area contributed by atoms with Crippen LogP contribution in [0.25, 0.3) is 0 Å².